The van der Waals surface area contributed by atoms with Crippen molar-refractivity contribution in [2.24, 2.45) is 0 Å². The fourth-order valence-corrected chi connectivity index (χ4v) is 6.50. The standard InChI is InChI=1S/C36H24S2/c1-5-13-29(14-6-1)33-23-27(24-34(37-33)30-15-7-2-8-16-30)21-22-28-25-35(31-17-9-3-10-18-31)38-36(26-28)32-19-11-4-12-20-32/h1-20,23-26H/q+2. The molecule has 4 aromatic carbocycles. The van der Waals surface area contributed by atoms with E-state index < -0.39 is 0 Å². The van der Waals surface area contributed by atoms with E-state index in [1.807, 2.05) is 0 Å². The second-order valence-corrected chi connectivity index (χ2v) is 11.0. The van der Waals surface area contributed by atoms with Crippen molar-refractivity contribution in [3.8, 4) is 53.6 Å². The molecule has 2 heterocycles. The van der Waals surface area contributed by atoms with E-state index in [0.717, 1.165) is 11.1 Å². The van der Waals surface area contributed by atoms with Gasteiger partial charge in [0.1, 0.15) is 0 Å². The van der Waals surface area contributed by atoms with Gasteiger partial charge in [0.05, 0.1) is 0 Å². The van der Waals surface area contributed by atoms with Crippen molar-refractivity contribution in [3.05, 3.63) is 157 Å². The summed E-state index contributed by atoms with van der Waals surface area (Å²) in [6.45, 7) is 0. The molecule has 0 N–H and O–H groups in total. The molecule has 2 heteroatoms. The molecular formula is C36H24S2+2. The maximum absolute atomic E-state index is 3.50. The third-order valence-corrected chi connectivity index (χ3v) is 8.46. The summed E-state index contributed by atoms with van der Waals surface area (Å²) in [7, 11) is 0. The lowest BCUT2D eigenvalue weighted by Gasteiger charge is -1.99. The molecule has 178 valence electrons. The van der Waals surface area contributed by atoms with Crippen molar-refractivity contribution in [3.63, 3.8) is 0 Å². The van der Waals surface area contributed by atoms with Crippen LogP contribution in [0.1, 0.15) is 11.1 Å². The number of hydrogen-bond acceptors (Lipinski definition) is 0. The summed E-state index contributed by atoms with van der Waals surface area (Å²) in [5.74, 6) is 7.00. The molecule has 0 bridgehead atoms. The minimum Gasteiger partial charge on any atom is -0.0622 e. The zero-order chi connectivity index (χ0) is 25.6. The molecule has 6 rings (SSSR count). The molecule has 38 heavy (non-hydrogen) atoms. The van der Waals surface area contributed by atoms with Gasteiger partial charge in [-0.05, 0) is 48.5 Å². The minimum atomic E-state index is 1.01. The van der Waals surface area contributed by atoms with E-state index in [9.17, 15) is 0 Å². The van der Waals surface area contributed by atoms with Gasteiger partial charge in [0.25, 0.3) is 0 Å². The van der Waals surface area contributed by atoms with Gasteiger partial charge in [-0.15, -0.1) is 0 Å². The molecule has 0 fully saturated rings. The van der Waals surface area contributed by atoms with E-state index >= 15 is 0 Å². The van der Waals surface area contributed by atoms with Crippen LogP contribution in [0.25, 0.3) is 41.8 Å². The fourth-order valence-electron chi connectivity index (χ4n) is 4.27. The van der Waals surface area contributed by atoms with Crippen molar-refractivity contribution in [1.29, 1.82) is 0 Å². The van der Waals surface area contributed by atoms with Crippen LogP contribution in [0.2, 0.25) is 0 Å². The Morgan fingerprint density at radius 3 is 0.789 bits per heavy atom. The molecule has 0 saturated heterocycles. The summed E-state index contributed by atoms with van der Waals surface area (Å²) in [6.07, 6.45) is 0. The third kappa shape index (κ3) is 5.61. The van der Waals surface area contributed by atoms with E-state index in [-0.39, 0.29) is 0 Å². The molecule has 0 saturated carbocycles. The van der Waals surface area contributed by atoms with Gasteiger partial charge in [-0.3, -0.25) is 0 Å². The Hall–Kier alpha value is -4.42. The first kappa shape index (κ1) is 23.9. The van der Waals surface area contributed by atoms with Gasteiger partial charge in [0.2, 0.25) is 42.2 Å². The van der Waals surface area contributed by atoms with Crippen LogP contribution >= 0.6 is 22.7 Å². The quantitative estimate of drug-likeness (QED) is 0.160. The predicted octanol–water partition coefficient (Wildman–Crippen LogP) is 10.4. The number of hydrogen-bond donors (Lipinski definition) is 0. The van der Waals surface area contributed by atoms with Gasteiger partial charge in [-0.1, -0.05) is 84.6 Å². The Balaban J connectivity index is 1.47. The molecule has 6 aromatic rings. The highest BCUT2D eigenvalue weighted by Gasteiger charge is 2.19. The third-order valence-electron chi connectivity index (χ3n) is 6.17. The molecular weight excluding hydrogens is 497 g/mol. The first-order valence-electron chi connectivity index (χ1n) is 12.5. The molecule has 0 atom stereocenters. The number of rotatable bonds is 4. The van der Waals surface area contributed by atoms with Crippen LogP contribution < -0.4 is 0 Å². The smallest absolute Gasteiger partial charge is 0.0622 e. The summed E-state index contributed by atoms with van der Waals surface area (Å²) in [5, 5.41) is 0. The van der Waals surface area contributed by atoms with Gasteiger partial charge in [-0.25, -0.2) is 0 Å². The zero-order valence-corrected chi connectivity index (χ0v) is 22.3. The van der Waals surface area contributed by atoms with E-state index in [4.69, 9.17) is 0 Å². The maximum atomic E-state index is 3.50. The van der Waals surface area contributed by atoms with Crippen molar-refractivity contribution in [2.75, 3.05) is 0 Å². The molecule has 0 spiro atoms. The highest BCUT2D eigenvalue weighted by molar-refractivity contribution is 7.18. The first-order chi connectivity index (χ1) is 18.8. The van der Waals surface area contributed by atoms with E-state index in [1.54, 1.807) is 22.7 Å². The van der Waals surface area contributed by atoms with Crippen LogP contribution in [0.4, 0.5) is 0 Å². The SMILES string of the molecule is C(#Cc1cc(-c2ccccc2)[s+]c(-c2ccccc2)c1)c1cc(-c2ccccc2)[s+]c(-c2ccccc2)c1. The molecule has 0 unspecified atom stereocenters. The van der Waals surface area contributed by atoms with Crippen molar-refractivity contribution < 1.29 is 0 Å². The predicted molar refractivity (Wildman–Crippen MR) is 165 cm³/mol. The Morgan fingerprint density at radius 1 is 0.316 bits per heavy atom. The molecule has 2 aromatic heterocycles. The second-order valence-electron chi connectivity index (χ2n) is 8.86. The highest BCUT2D eigenvalue weighted by Crippen LogP contribution is 2.35. The van der Waals surface area contributed by atoms with Crippen molar-refractivity contribution >= 4 is 22.7 Å². The largest absolute Gasteiger partial charge is 0.239 e. The summed E-state index contributed by atoms with van der Waals surface area (Å²) < 4.78 is 0. The lowest BCUT2D eigenvalue weighted by molar-refractivity contribution is 1.63. The maximum Gasteiger partial charge on any atom is 0.239 e. The van der Waals surface area contributed by atoms with Crippen LogP contribution in [0.5, 0.6) is 0 Å². The molecule has 0 radical (unpaired) electrons. The topological polar surface area (TPSA) is 0 Å². The summed E-state index contributed by atoms with van der Waals surface area (Å²) in [4.78, 5) is 4.84. The lowest BCUT2D eigenvalue weighted by Crippen LogP contribution is -1.84. The van der Waals surface area contributed by atoms with Crippen LogP contribution in [-0.4, -0.2) is 0 Å². The molecule has 0 aliphatic rings. The number of benzene rings is 4. The zero-order valence-electron chi connectivity index (χ0n) is 20.7. The van der Waals surface area contributed by atoms with Gasteiger partial charge in [0.15, 0.2) is 0 Å². The molecule has 0 nitrogen and oxygen atoms in total. The van der Waals surface area contributed by atoms with Gasteiger partial charge < -0.3 is 0 Å². The average molecular weight is 521 g/mol. The van der Waals surface area contributed by atoms with Crippen molar-refractivity contribution in [2.45, 2.75) is 0 Å². The molecule has 0 aliphatic carbocycles. The lowest BCUT2D eigenvalue weighted by atomic mass is 10.1. The highest BCUT2D eigenvalue weighted by atomic mass is 32.1. The van der Waals surface area contributed by atoms with Crippen molar-refractivity contribution in [1.82, 2.24) is 0 Å². The Kier molecular flexibility index (Phi) is 7.13. The summed E-state index contributed by atoms with van der Waals surface area (Å²) in [6, 6.07) is 51.1. The monoisotopic (exact) mass is 520 g/mol. The average Bonchev–Trinajstić information content (AvgIpc) is 3.01. The molecule has 0 amide bonds. The minimum absolute atomic E-state index is 1.01. The first-order valence-corrected chi connectivity index (χ1v) is 14.2. The van der Waals surface area contributed by atoms with Crippen LogP contribution in [0.3, 0.4) is 0 Å². The summed E-state index contributed by atoms with van der Waals surface area (Å²) in [5.41, 5.74) is 6.85. The van der Waals surface area contributed by atoms with Crippen LogP contribution in [0, 0.1) is 11.8 Å². The Bertz CT molecular complexity index is 1490. The second kappa shape index (κ2) is 11.3. The van der Waals surface area contributed by atoms with Gasteiger partial charge in [-0.2, -0.15) is 0 Å². The van der Waals surface area contributed by atoms with Crippen LogP contribution in [-0.2, 0) is 0 Å². The molecule has 0 aliphatic heterocycles. The van der Waals surface area contributed by atoms with E-state index in [0.29, 0.717) is 0 Å². The summed E-state index contributed by atoms with van der Waals surface area (Å²) >= 11 is 3.60. The van der Waals surface area contributed by atoms with E-state index in [1.165, 1.54) is 41.8 Å². The van der Waals surface area contributed by atoms with Gasteiger partial charge in [0, 0.05) is 57.6 Å². The fraction of sp³-hybridized carbons (Fsp3) is 0. The normalized spacial score (nSPS) is 10.4. The van der Waals surface area contributed by atoms with E-state index in [2.05, 4.69) is 157 Å². The van der Waals surface area contributed by atoms with Crippen LogP contribution in [0.15, 0.2) is 146 Å². The Labute approximate surface area is 232 Å². The Morgan fingerprint density at radius 2 is 0.553 bits per heavy atom. The van der Waals surface area contributed by atoms with Gasteiger partial charge >= 0.3 is 0 Å².